The average Bonchev–Trinajstić information content (AvgIpc) is 3.04. The Morgan fingerprint density at radius 1 is 1.08 bits per heavy atom. The molecular formula is C19H18N2O4. The van der Waals surface area contributed by atoms with Crippen molar-refractivity contribution in [1.29, 1.82) is 0 Å². The van der Waals surface area contributed by atoms with Gasteiger partial charge in [0, 0.05) is 18.7 Å². The van der Waals surface area contributed by atoms with Gasteiger partial charge in [0.2, 0.25) is 11.8 Å². The molecule has 2 amide bonds. The molecule has 128 valence electrons. The molecule has 1 saturated heterocycles. The van der Waals surface area contributed by atoms with Crippen molar-refractivity contribution in [3.05, 3.63) is 60.2 Å². The minimum Gasteiger partial charge on any atom is -0.465 e. The van der Waals surface area contributed by atoms with Gasteiger partial charge in [-0.2, -0.15) is 0 Å². The number of ether oxygens (including phenoxy) is 1. The van der Waals surface area contributed by atoms with Gasteiger partial charge in [-0.25, -0.2) is 4.79 Å². The van der Waals surface area contributed by atoms with Crippen LogP contribution in [0, 0.1) is 5.92 Å². The van der Waals surface area contributed by atoms with Crippen LogP contribution in [0.1, 0.15) is 16.8 Å². The van der Waals surface area contributed by atoms with Crippen LogP contribution in [0.3, 0.4) is 0 Å². The lowest BCUT2D eigenvalue weighted by Gasteiger charge is -2.17. The second kappa shape index (κ2) is 7.17. The molecule has 6 nitrogen and oxygen atoms in total. The van der Waals surface area contributed by atoms with Crippen LogP contribution in [0.15, 0.2) is 54.6 Å². The third-order valence-corrected chi connectivity index (χ3v) is 4.15. The zero-order valence-corrected chi connectivity index (χ0v) is 13.8. The third-order valence-electron chi connectivity index (χ3n) is 4.15. The maximum absolute atomic E-state index is 12.6. The fourth-order valence-corrected chi connectivity index (χ4v) is 2.86. The molecule has 6 heteroatoms. The topological polar surface area (TPSA) is 75.7 Å². The second-order valence-electron chi connectivity index (χ2n) is 5.77. The van der Waals surface area contributed by atoms with Gasteiger partial charge in [-0.15, -0.1) is 0 Å². The van der Waals surface area contributed by atoms with Crippen LogP contribution in [0.5, 0.6) is 0 Å². The number of benzene rings is 2. The van der Waals surface area contributed by atoms with Gasteiger partial charge in [0.1, 0.15) is 0 Å². The van der Waals surface area contributed by atoms with Crippen molar-refractivity contribution in [2.24, 2.45) is 5.92 Å². The summed E-state index contributed by atoms with van der Waals surface area (Å²) in [5.74, 6) is -1.38. The van der Waals surface area contributed by atoms with E-state index in [-0.39, 0.29) is 23.8 Å². The number of hydrogen-bond donors (Lipinski definition) is 1. The number of nitrogens with one attached hydrogen (secondary N) is 1. The highest BCUT2D eigenvalue weighted by Crippen LogP contribution is 2.26. The first kappa shape index (κ1) is 16.7. The minimum atomic E-state index is -0.524. The van der Waals surface area contributed by atoms with Crippen LogP contribution >= 0.6 is 0 Å². The molecule has 1 aliphatic heterocycles. The Balaban J connectivity index is 1.73. The monoisotopic (exact) mass is 338 g/mol. The third kappa shape index (κ3) is 3.52. The lowest BCUT2D eigenvalue weighted by Crippen LogP contribution is -2.28. The van der Waals surface area contributed by atoms with E-state index in [9.17, 15) is 14.4 Å². The van der Waals surface area contributed by atoms with E-state index in [2.05, 4.69) is 5.32 Å². The summed E-state index contributed by atoms with van der Waals surface area (Å²) in [6, 6.07) is 15.9. The number of esters is 1. The summed E-state index contributed by atoms with van der Waals surface area (Å²) in [4.78, 5) is 38.2. The van der Waals surface area contributed by atoms with E-state index in [1.165, 1.54) is 7.11 Å². The van der Waals surface area contributed by atoms with E-state index >= 15 is 0 Å². The average molecular weight is 338 g/mol. The molecule has 0 aliphatic carbocycles. The Hall–Kier alpha value is -3.15. The smallest absolute Gasteiger partial charge is 0.339 e. The zero-order chi connectivity index (χ0) is 17.8. The summed E-state index contributed by atoms with van der Waals surface area (Å²) >= 11 is 0. The number of nitrogens with zero attached hydrogens (tertiary/aromatic N) is 1. The van der Waals surface area contributed by atoms with E-state index in [1.54, 1.807) is 29.2 Å². The number of amides is 2. The van der Waals surface area contributed by atoms with Crippen molar-refractivity contribution in [1.82, 2.24) is 0 Å². The molecule has 2 aromatic carbocycles. The molecule has 1 heterocycles. The van der Waals surface area contributed by atoms with Gasteiger partial charge in [-0.1, -0.05) is 30.3 Å². The van der Waals surface area contributed by atoms with Gasteiger partial charge in [-0.05, 0) is 24.3 Å². The number of para-hydroxylation sites is 2. The number of hydrogen-bond acceptors (Lipinski definition) is 4. The van der Waals surface area contributed by atoms with Crippen molar-refractivity contribution in [2.45, 2.75) is 6.42 Å². The van der Waals surface area contributed by atoms with Gasteiger partial charge in [0.15, 0.2) is 0 Å². The van der Waals surface area contributed by atoms with Crippen LogP contribution in [0.2, 0.25) is 0 Å². The minimum absolute atomic E-state index is 0.0902. The molecule has 1 N–H and O–H groups in total. The van der Waals surface area contributed by atoms with E-state index < -0.39 is 11.9 Å². The Morgan fingerprint density at radius 2 is 1.76 bits per heavy atom. The second-order valence-corrected chi connectivity index (χ2v) is 5.77. The summed E-state index contributed by atoms with van der Waals surface area (Å²) in [6.07, 6.45) is 0.140. The molecule has 1 atom stereocenters. The lowest BCUT2D eigenvalue weighted by atomic mass is 10.1. The molecular weight excluding hydrogens is 320 g/mol. The van der Waals surface area contributed by atoms with Crippen molar-refractivity contribution in [2.75, 3.05) is 23.9 Å². The maximum atomic E-state index is 12.6. The SMILES string of the molecule is COC(=O)c1ccccc1NC(=O)[C@@H]1CC(=O)N(c2ccccc2)C1. The Bertz CT molecular complexity index is 804. The summed E-state index contributed by atoms with van der Waals surface area (Å²) in [5, 5.41) is 2.74. The summed E-state index contributed by atoms with van der Waals surface area (Å²) < 4.78 is 4.72. The molecule has 0 saturated carbocycles. The highest BCUT2D eigenvalue weighted by atomic mass is 16.5. The molecule has 1 fully saturated rings. The Morgan fingerprint density at radius 3 is 2.48 bits per heavy atom. The van der Waals surface area contributed by atoms with Gasteiger partial charge < -0.3 is 15.0 Å². The highest BCUT2D eigenvalue weighted by molar-refractivity contribution is 6.06. The molecule has 0 unspecified atom stereocenters. The fourth-order valence-electron chi connectivity index (χ4n) is 2.86. The van der Waals surface area contributed by atoms with E-state index in [0.29, 0.717) is 12.2 Å². The molecule has 25 heavy (non-hydrogen) atoms. The van der Waals surface area contributed by atoms with E-state index in [4.69, 9.17) is 4.74 Å². The van der Waals surface area contributed by atoms with Crippen molar-refractivity contribution < 1.29 is 19.1 Å². The normalized spacial score (nSPS) is 16.6. The summed E-state index contributed by atoms with van der Waals surface area (Å²) in [6.45, 7) is 0.315. The molecule has 2 aromatic rings. The molecule has 0 aromatic heterocycles. The summed E-state index contributed by atoms with van der Waals surface area (Å²) in [5.41, 5.74) is 1.44. The Kier molecular flexibility index (Phi) is 4.79. The van der Waals surface area contributed by atoms with Crippen LogP contribution in [-0.2, 0) is 14.3 Å². The quantitative estimate of drug-likeness (QED) is 0.869. The van der Waals surface area contributed by atoms with E-state index in [0.717, 1.165) is 5.69 Å². The molecule has 1 aliphatic rings. The lowest BCUT2D eigenvalue weighted by molar-refractivity contribution is -0.122. The predicted molar refractivity (Wildman–Crippen MR) is 93.3 cm³/mol. The van der Waals surface area contributed by atoms with Crippen molar-refractivity contribution in [3.63, 3.8) is 0 Å². The number of rotatable bonds is 4. The van der Waals surface area contributed by atoms with Gasteiger partial charge in [0.05, 0.1) is 24.3 Å². The summed E-state index contributed by atoms with van der Waals surface area (Å²) in [7, 11) is 1.29. The van der Waals surface area contributed by atoms with Gasteiger partial charge >= 0.3 is 5.97 Å². The molecule has 0 spiro atoms. The number of anilines is 2. The zero-order valence-electron chi connectivity index (χ0n) is 13.8. The molecule has 3 rings (SSSR count). The van der Waals surface area contributed by atoms with Gasteiger partial charge in [0.25, 0.3) is 0 Å². The van der Waals surface area contributed by atoms with Crippen molar-refractivity contribution >= 4 is 29.2 Å². The molecule has 0 radical (unpaired) electrons. The molecule has 0 bridgehead atoms. The fraction of sp³-hybridized carbons (Fsp3) is 0.211. The number of methoxy groups -OCH3 is 1. The Labute approximate surface area is 145 Å². The van der Waals surface area contributed by atoms with E-state index in [1.807, 2.05) is 30.3 Å². The first-order chi connectivity index (χ1) is 12.1. The largest absolute Gasteiger partial charge is 0.465 e. The highest BCUT2D eigenvalue weighted by Gasteiger charge is 2.35. The predicted octanol–water partition coefficient (Wildman–Crippen LogP) is 2.46. The maximum Gasteiger partial charge on any atom is 0.339 e. The van der Waals surface area contributed by atoms with Crippen LogP contribution in [-0.4, -0.2) is 31.4 Å². The van der Waals surface area contributed by atoms with Crippen molar-refractivity contribution in [3.8, 4) is 0 Å². The van der Waals surface area contributed by atoms with Gasteiger partial charge in [-0.3, -0.25) is 9.59 Å². The number of carbonyl (C=O) groups is 3. The number of carbonyl (C=O) groups excluding carboxylic acids is 3. The van der Waals surface area contributed by atoms with Crippen LogP contribution < -0.4 is 10.2 Å². The van der Waals surface area contributed by atoms with Crippen LogP contribution in [0.4, 0.5) is 11.4 Å². The first-order valence-corrected chi connectivity index (χ1v) is 7.93. The standard InChI is InChI=1S/C19H18N2O4/c1-25-19(24)15-9-5-6-10-16(15)20-18(23)13-11-17(22)21(12-13)14-7-3-2-4-8-14/h2-10,13H,11-12H2,1H3,(H,20,23)/t13-/m1/s1. The first-order valence-electron chi connectivity index (χ1n) is 7.93. The van der Waals surface area contributed by atoms with Crippen LogP contribution in [0.25, 0.3) is 0 Å².